The Morgan fingerprint density at radius 2 is 1.85 bits per heavy atom. The second-order valence-electron chi connectivity index (χ2n) is 3.26. The third-order valence-corrected chi connectivity index (χ3v) is 2.39. The molecule has 3 nitrogen and oxygen atoms in total. The zero-order valence-corrected chi connectivity index (χ0v) is 8.93. The highest BCUT2D eigenvalue weighted by Gasteiger charge is 2.44. The molecule has 0 unspecified atom stereocenters. The molecule has 13 heavy (non-hydrogen) atoms. The molecule has 0 atom stereocenters. The predicted octanol–water partition coefficient (Wildman–Crippen LogP) is 1.58. The molecule has 1 N–H and O–H groups in total. The van der Waals surface area contributed by atoms with Crippen LogP contribution in [0.15, 0.2) is 0 Å². The summed E-state index contributed by atoms with van der Waals surface area (Å²) in [5.74, 6) is 0. The van der Waals surface area contributed by atoms with Gasteiger partial charge in [-0.2, -0.15) is 0 Å². The third kappa shape index (κ3) is 4.88. The van der Waals surface area contributed by atoms with Gasteiger partial charge in [0.25, 0.3) is 6.47 Å². The minimum atomic E-state index is 0.375. The zero-order valence-electron chi connectivity index (χ0n) is 8.93. The summed E-state index contributed by atoms with van der Waals surface area (Å²) in [4.78, 5) is 8.95. The molecule has 0 radical (unpaired) electrons. The smallest absolute Gasteiger partial charge is 0.292 e. The second-order valence-corrected chi connectivity index (χ2v) is 3.26. The van der Waals surface area contributed by atoms with Gasteiger partial charge in [0.1, 0.15) is 0 Å². The maximum absolute atomic E-state index is 8.95. The van der Waals surface area contributed by atoms with Crippen LogP contribution in [-0.4, -0.2) is 26.7 Å². The molecule has 1 aliphatic carbocycles. The van der Waals surface area contributed by atoms with Gasteiger partial charge in [-0.05, 0) is 31.2 Å². The minimum Gasteiger partial charge on any atom is -0.471 e. The molecular formula is C10H21NO2. The summed E-state index contributed by atoms with van der Waals surface area (Å²) in [6.45, 7) is 6.97. The first-order chi connectivity index (χ1) is 6.33. The second kappa shape index (κ2) is 6.89. The highest BCUT2D eigenvalue weighted by molar-refractivity contribution is 5.36. The number of ether oxygens (including phenoxy) is 1. The van der Waals surface area contributed by atoms with Crippen molar-refractivity contribution >= 4 is 6.47 Å². The summed E-state index contributed by atoms with van der Waals surface area (Å²) >= 11 is 0. The van der Waals surface area contributed by atoms with Crippen molar-refractivity contribution < 1.29 is 9.53 Å². The van der Waals surface area contributed by atoms with Gasteiger partial charge >= 0.3 is 0 Å². The highest BCUT2D eigenvalue weighted by Crippen LogP contribution is 2.49. The molecule has 1 saturated heterocycles. The fourth-order valence-electron chi connectivity index (χ4n) is 1.40. The van der Waals surface area contributed by atoms with Crippen LogP contribution in [0.4, 0.5) is 0 Å². The third-order valence-electron chi connectivity index (χ3n) is 2.39. The maximum atomic E-state index is 8.95. The summed E-state index contributed by atoms with van der Waals surface area (Å²) in [5.41, 5.74) is 0.833. The van der Waals surface area contributed by atoms with Crippen LogP contribution in [0, 0.1) is 5.41 Å². The largest absolute Gasteiger partial charge is 0.471 e. The van der Waals surface area contributed by atoms with Crippen LogP contribution >= 0.6 is 0 Å². The number of methoxy groups -OCH3 is 1. The molecule has 1 heterocycles. The van der Waals surface area contributed by atoms with Crippen LogP contribution < -0.4 is 5.32 Å². The van der Waals surface area contributed by atoms with E-state index in [0.717, 1.165) is 5.41 Å². The Morgan fingerprint density at radius 3 is 2.00 bits per heavy atom. The van der Waals surface area contributed by atoms with E-state index < -0.39 is 0 Å². The van der Waals surface area contributed by atoms with E-state index in [1.807, 2.05) is 13.8 Å². The van der Waals surface area contributed by atoms with E-state index in [1.165, 1.54) is 39.5 Å². The number of rotatable bonds is 1. The lowest BCUT2D eigenvalue weighted by Gasteiger charge is -1.96. The molecule has 1 aliphatic heterocycles. The molecule has 1 spiro atoms. The lowest BCUT2D eigenvalue weighted by Crippen LogP contribution is -2.08. The van der Waals surface area contributed by atoms with Crippen molar-refractivity contribution in [2.24, 2.45) is 5.41 Å². The van der Waals surface area contributed by atoms with Crippen molar-refractivity contribution in [3.63, 3.8) is 0 Å². The number of carbonyl (C=O) groups is 1. The van der Waals surface area contributed by atoms with Crippen LogP contribution in [0.5, 0.6) is 0 Å². The molecule has 0 amide bonds. The van der Waals surface area contributed by atoms with E-state index in [9.17, 15) is 0 Å². The van der Waals surface area contributed by atoms with Gasteiger partial charge in [-0.1, -0.05) is 13.8 Å². The molecule has 0 aromatic heterocycles. The first-order valence-electron chi connectivity index (χ1n) is 5.00. The van der Waals surface area contributed by atoms with Gasteiger partial charge < -0.3 is 10.1 Å². The Bertz CT molecular complexity index is 125. The van der Waals surface area contributed by atoms with Crippen molar-refractivity contribution in [3.8, 4) is 0 Å². The lowest BCUT2D eigenvalue weighted by atomic mass is 10.1. The van der Waals surface area contributed by atoms with Crippen LogP contribution in [0.2, 0.25) is 0 Å². The molecule has 2 fully saturated rings. The van der Waals surface area contributed by atoms with Gasteiger partial charge in [0.05, 0.1) is 7.11 Å². The van der Waals surface area contributed by atoms with Gasteiger partial charge in [-0.25, -0.2) is 0 Å². The standard InChI is InChI=1S/C6H11N.C2H4O2.C2H6/c1-2-6(1)3-4-7-5-6;1-4-2-3;1-2/h7H,1-5H2;2H,1H3;1-2H3. The van der Waals surface area contributed by atoms with E-state index in [-0.39, 0.29) is 0 Å². The van der Waals surface area contributed by atoms with E-state index in [2.05, 4.69) is 10.1 Å². The van der Waals surface area contributed by atoms with E-state index in [4.69, 9.17) is 4.79 Å². The maximum Gasteiger partial charge on any atom is 0.292 e. The summed E-state index contributed by atoms with van der Waals surface area (Å²) in [5, 5.41) is 3.38. The molecule has 2 rings (SSSR count). The number of hydrogen-bond donors (Lipinski definition) is 1. The average molecular weight is 187 g/mol. The van der Waals surface area contributed by atoms with Gasteiger partial charge in [-0.3, -0.25) is 4.79 Å². The fourth-order valence-corrected chi connectivity index (χ4v) is 1.40. The Hall–Kier alpha value is -0.570. The topological polar surface area (TPSA) is 38.3 Å². The predicted molar refractivity (Wildman–Crippen MR) is 53.6 cm³/mol. The first kappa shape index (κ1) is 12.4. The van der Waals surface area contributed by atoms with Crippen molar-refractivity contribution in [3.05, 3.63) is 0 Å². The average Bonchev–Trinajstić information content (AvgIpc) is 2.78. The molecule has 0 aromatic rings. The fraction of sp³-hybridized carbons (Fsp3) is 0.900. The Labute approximate surface area is 80.8 Å². The van der Waals surface area contributed by atoms with E-state index >= 15 is 0 Å². The minimum absolute atomic E-state index is 0.375. The van der Waals surface area contributed by atoms with Crippen molar-refractivity contribution in [2.45, 2.75) is 33.1 Å². The quantitative estimate of drug-likeness (QED) is 0.633. The molecule has 0 aromatic carbocycles. The Morgan fingerprint density at radius 1 is 1.31 bits per heavy atom. The molecule has 2 aliphatic rings. The lowest BCUT2D eigenvalue weighted by molar-refractivity contribution is -0.126. The summed E-state index contributed by atoms with van der Waals surface area (Å²) in [6.07, 6.45) is 4.45. The van der Waals surface area contributed by atoms with Crippen LogP contribution in [0.25, 0.3) is 0 Å². The van der Waals surface area contributed by atoms with Gasteiger partial charge in [0.2, 0.25) is 0 Å². The van der Waals surface area contributed by atoms with Crippen LogP contribution in [0.1, 0.15) is 33.1 Å². The molecule has 3 heteroatoms. The molecule has 1 saturated carbocycles. The van der Waals surface area contributed by atoms with Gasteiger partial charge in [-0.15, -0.1) is 0 Å². The first-order valence-corrected chi connectivity index (χ1v) is 5.00. The summed E-state index contributed by atoms with van der Waals surface area (Å²) in [7, 11) is 1.31. The number of nitrogens with one attached hydrogen (secondary N) is 1. The molecule has 0 bridgehead atoms. The van der Waals surface area contributed by atoms with Crippen LogP contribution in [-0.2, 0) is 9.53 Å². The Kier molecular flexibility index (Phi) is 6.59. The number of hydrogen-bond acceptors (Lipinski definition) is 3. The summed E-state index contributed by atoms with van der Waals surface area (Å²) < 4.78 is 3.86. The molecule has 78 valence electrons. The SMILES string of the molecule is C1CC2(CC2)CN1.CC.COC=O. The summed E-state index contributed by atoms with van der Waals surface area (Å²) in [6, 6.07) is 0. The Balaban J connectivity index is 0.000000211. The van der Waals surface area contributed by atoms with Crippen molar-refractivity contribution in [2.75, 3.05) is 20.2 Å². The van der Waals surface area contributed by atoms with Gasteiger partial charge in [0, 0.05) is 6.54 Å². The molecular weight excluding hydrogens is 166 g/mol. The van der Waals surface area contributed by atoms with E-state index in [0.29, 0.717) is 6.47 Å². The van der Waals surface area contributed by atoms with E-state index in [1.54, 1.807) is 0 Å². The van der Waals surface area contributed by atoms with Crippen molar-refractivity contribution in [1.29, 1.82) is 0 Å². The normalized spacial score (nSPS) is 20.5. The zero-order chi connectivity index (χ0) is 10.2. The van der Waals surface area contributed by atoms with Gasteiger partial charge in [0.15, 0.2) is 0 Å². The number of carbonyl (C=O) groups excluding carboxylic acids is 1. The van der Waals surface area contributed by atoms with Crippen LogP contribution in [0.3, 0.4) is 0 Å². The monoisotopic (exact) mass is 187 g/mol. The van der Waals surface area contributed by atoms with Crippen molar-refractivity contribution in [1.82, 2.24) is 5.32 Å². The highest BCUT2D eigenvalue weighted by atomic mass is 16.5.